The van der Waals surface area contributed by atoms with E-state index in [1.807, 2.05) is 31.2 Å². The van der Waals surface area contributed by atoms with E-state index in [-0.39, 0.29) is 18.0 Å². The minimum atomic E-state index is -0.231. The first-order valence-electron chi connectivity index (χ1n) is 9.53. The van der Waals surface area contributed by atoms with Crippen LogP contribution in [0.3, 0.4) is 0 Å². The number of rotatable bonds is 6. The van der Waals surface area contributed by atoms with Crippen LogP contribution >= 0.6 is 11.3 Å². The maximum Gasteiger partial charge on any atom is 0.274 e. The summed E-state index contributed by atoms with van der Waals surface area (Å²) in [7, 11) is 0. The molecule has 0 aliphatic carbocycles. The van der Waals surface area contributed by atoms with E-state index in [4.69, 9.17) is 0 Å². The van der Waals surface area contributed by atoms with Crippen LogP contribution in [0.25, 0.3) is 10.8 Å². The molecule has 7 nitrogen and oxygen atoms in total. The van der Waals surface area contributed by atoms with E-state index in [0.717, 1.165) is 30.0 Å². The Balaban J connectivity index is 1.57. The van der Waals surface area contributed by atoms with Crippen LogP contribution in [0.15, 0.2) is 34.4 Å². The molecule has 1 aliphatic heterocycles. The molecule has 4 rings (SSSR count). The Morgan fingerprint density at radius 2 is 1.93 bits per heavy atom. The molecular weight excluding hydrogens is 374 g/mol. The number of hydrogen-bond donors (Lipinski definition) is 1. The normalized spacial score (nSPS) is 14.6. The van der Waals surface area contributed by atoms with Gasteiger partial charge in [-0.15, -0.1) is 11.3 Å². The maximum absolute atomic E-state index is 12.8. The highest BCUT2D eigenvalue weighted by Crippen LogP contribution is 2.14. The van der Waals surface area contributed by atoms with Crippen LogP contribution in [0, 0.1) is 6.92 Å². The monoisotopic (exact) mass is 397 g/mol. The molecular formula is C20H23N5O2S. The fraction of sp³-hybridized carbons (Fsp3) is 0.400. The third-order valence-corrected chi connectivity index (χ3v) is 5.81. The fourth-order valence-electron chi connectivity index (χ4n) is 3.55. The average molecular weight is 398 g/mol. The second-order valence-electron chi connectivity index (χ2n) is 7.00. The molecule has 28 heavy (non-hydrogen) atoms. The third-order valence-electron chi connectivity index (χ3n) is 5.04. The van der Waals surface area contributed by atoms with Crippen molar-refractivity contribution in [1.82, 2.24) is 25.0 Å². The van der Waals surface area contributed by atoms with Gasteiger partial charge in [0.25, 0.3) is 11.5 Å². The quantitative estimate of drug-likeness (QED) is 0.690. The largest absolute Gasteiger partial charge is 0.345 e. The van der Waals surface area contributed by atoms with Gasteiger partial charge < -0.3 is 10.2 Å². The van der Waals surface area contributed by atoms with Crippen molar-refractivity contribution in [2.24, 2.45) is 0 Å². The van der Waals surface area contributed by atoms with Gasteiger partial charge in [-0.05, 0) is 38.9 Å². The van der Waals surface area contributed by atoms with Crippen LogP contribution in [0.2, 0.25) is 0 Å². The number of hydrogen-bond acceptors (Lipinski definition) is 6. The van der Waals surface area contributed by atoms with E-state index in [2.05, 4.69) is 20.3 Å². The highest BCUT2D eigenvalue weighted by molar-refractivity contribution is 7.09. The lowest BCUT2D eigenvalue weighted by atomic mass is 10.1. The number of nitrogens with zero attached hydrogens (tertiary/aromatic N) is 4. The molecule has 0 bridgehead atoms. The van der Waals surface area contributed by atoms with Crippen molar-refractivity contribution < 1.29 is 4.79 Å². The lowest BCUT2D eigenvalue weighted by Crippen LogP contribution is -2.32. The highest BCUT2D eigenvalue weighted by Gasteiger charge is 2.15. The second kappa shape index (κ2) is 8.20. The van der Waals surface area contributed by atoms with Crippen molar-refractivity contribution in [3.8, 4) is 0 Å². The predicted octanol–water partition coefficient (Wildman–Crippen LogP) is 2.19. The summed E-state index contributed by atoms with van der Waals surface area (Å²) in [5.41, 5.74) is 1.02. The molecule has 1 saturated heterocycles. The van der Waals surface area contributed by atoms with Gasteiger partial charge in [0.1, 0.15) is 5.69 Å². The highest BCUT2D eigenvalue weighted by atomic mass is 32.1. The zero-order chi connectivity index (χ0) is 19.5. The van der Waals surface area contributed by atoms with Gasteiger partial charge >= 0.3 is 0 Å². The molecule has 146 valence electrons. The minimum Gasteiger partial charge on any atom is -0.345 e. The van der Waals surface area contributed by atoms with Crippen LogP contribution in [0.4, 0.5) is 0 Å². The minimum absolute atomic E-state index is 0.0833. The number of aryl methyl sites for hydroxylation is 1. The molecule has 1 fully saturated rings. The molecule has 3 heterocycles. The van der Waals surface area contributed by atoms with Gasteiger partial charge in [0.2, 0.25) is 0 Å². The van der Waals surface area contributed by atoms with Crippen LogP contribution in [-0.2, 0) is 13.1 Å². The van der Waals surface area contributed by atoms with Gasteiger partial charge in [-0.1, -0.05) is 18.2 Å². The zero-order valence-electron chi connectivity index (χ0n) is 15.9. The van der Waals surface area contributed by atoms with Gasteiger partial charge in [-0.25, -0.2) is 9.67 Å². The first kappa shape index (κ1) is 18.8. The van der Waals surface area contributed by atoms with Crippen molar-refractivity contribution >= 4 is 28.0 Å². The number of nitrogens with one attached hydrogen (secondary N) is 1. The van der Waals surface area contributed by atoms with E-state index in [0.29, 0.717) is 23.3 Å². The zero-order valence-corrected chi connectivity index (χ0v) is 16.7. The number of likely N-dealkylation sites (tertiary alicyclic amines) is 1. The van der Waals surface area contributed by atoms with Crippen molar-refractivity contribution in [1.29, 1.82) is 0 Å². The Hall–Kier alpha value is -2.58. The number of thiazole rings is 1. The summed E-state index contributed by atoms with van der Waals surface area (Å²) in [5.74, 6) is -0.231. The Morgan fingerprint density at radius 1 is 1.18 bits per heavy atom. The van der Waals surface area contributed by atoms with Crippen molar-refractivity contribution in [3.63, 3.8) is 0 Å². The number of benzene rings is 1. The fourth-order valence-corrected chi connectivity index (χ4v) is 4.15. The van der Waals surface area contributed by atoms with E-state index in [1.54, 1.807) is 5.38 Å². The lowest BCUT2D eigenvalue weighted by molar-refractivity contribution is 0.0946. The Kier molecular flexibility index (Phi) is 5.50. The van der Waals surface area contributed by atoms with E-state index >= 15 is 0 Å². The summed E-state index contributed by atoms with van der Waals surface area (Å²) >= 11 is 1.44. The molecule has 0 atom stereocenters. The molecule has 1 amide bonds. The van der Waals surface area contributed by atoms with Crippen molar-refractivity contribution in [2.75, 3.05) is 19.6 Å². The number of aromatic nitrogens is 3. The Morgan fingerprint density at radius 3 is 2.64 bits per heavy atom. The smallest absolute Gasteiger partial charge is 0.274 e. The van der Waals surface area contributed by atoms with Gasteiger partial charge in [0.05, 0.1) is 29.2 Å². The summed E-state index contributed by atoms with van der Waals surface area (Å²) in [4.78, 5) is 31.8. The lowest BCUT2D eigenvalue weighted by Gasteiger charge is -2.16. The predicted molar refractivity (Wildman–Crippen MR) is 110 cm³/mol. The van der Waals surface area contributed by atoms with Crippen molar-refractivity contribution in [3.05, 3.63) is 56.4 Å². The first-order valence-corrected chi connectivity index (χ1v) is 10.4. The van der Waals surface area contributed by atoms with Gasteiger partial charge in [-0.2, -0.15) is 5.10 Å². The summed E-state index contributed by atoms with van der Waals surface area (Å²) in [6.07, 6.45) is 2.43. The summed E-state index contributed by atoms with van der Waals surface area (Å²) in [6.45, 7) is 5.65. The number of carbonyl (C=O) groups is 1. The molecule has 2 aromatic heterocycles. The number of amides is 1. The molecule has 1 aromatic carbocycles. The van der Waals surface area contributed by atoms with Gasteiger partial charge in [-0.3, -0.25) is 9.59 Å². The Bertz CT molecular complexity index is 1050. The molecule has 0 radical (unpaired) electrons. The van der Waals surface area contributed by atoms with Crippen molar-refractivity contribution in [2.45, 2.75) is 32.9 Å². The molecule has 0 saturated carbocycles. The molecule has 8 heteroatoms. The Labute approximate surface area is 167 Å². The van der Waals surface area contributed by atoms with Crippen LogP contribution in [0.1, 0.15) is 34.0 Å². The molecule has 1 N–H and O–H groups in total. The first-order chi connectivity index (χ1) is 13.6. The molecule has 0 unspecified atom stereocenters. The topological polar surface area (TPSA) is 80.1 Å². The third kappa shape index (κ3) is 3.98. The van der Waals surface area contributed by atoms with Gasteiger partial charge in [0.15, 0.2) is 0 Å². The molecule has 3 aromatic rings. The average Bonchev–Trinajstić information content (AvgIpc) is 3.38. The summed E-state index contributed by atoms with van der Waals surface area (Å²) < 4.78 is 1.54. The second-order valence-corrected chi connectivity index (χ2v) is 8.07. The van der Waals surface area contributed by atoms with E-state index in [9.17, 15) is 9.59 Å². The SMILES string of the molecule is Cc1nc(C(=O)NCc2nn(CCN3CCCC3)c(=O)c3ccccc23)cs1. The van der Waals surface area contributed by atoms with Crippen LogP contribution in [0.5, 0.6) is 0 Å². The molecule has 0 spiro atoms. The van der Waals surface area contributed by atoms with E-state index < -0.39 is 0 Å². The maximum atomic E-state index is 12.8. The van der Waals surface area contributed by atoms with Crippen LogP contribution < -0.4 is 10.9 Å². The van der Waals surface area contributed by atoms with Gasteiger partial charge in [0, 0.05) is 17.3 Å². The molecule has 1 aliphatic rings. The van der Waals surface area contributed by atoms with Crippen LogP contribution in [-0.4, -0.2) is 45.2 Å². The standard InChI is InChI=1S/C20H23N5O2S/c1-14-22-18(13-28-14)19(26)21-12-17-15-6-2-3-7-16(15)20(27)25(23-17)11-10-24-8-4-5-9-24/h2-3,6-7,13H,4-5,8-12H2,1H3,(H,21,26). The summed E-state index contributed by atoms with van der Waals surface area (Å²) in [5, 5.41) is 11.5. The van der Waals surface area contributed by atoms with E-state index in [1.165, 1.54) is 28.9 Å². The summed E-state index contributed by atoms with van der Waals surface area (Å²) in [6, 6.07) is 7.44. The number of fused-ring (bicyclic) bond motifs is 1. The number of carbonyl (C=O) groups excluding carboxylic acids is 1.